The summed E-state index contributed by atoms with van der Waals surface area (Å²) in [5.41, 5.74) is 4.16. The van der Waals surface area contributed by atoms with Crippen LogP contribution in [-0.2, 0) is 17.9 Å². The third kappa shape index (κ3) is 5.13. The van der Waals surface area contributed by atoms with E-state index < -0.39 is 0 Å². The molecule has 2 heterocycles. The Labute approximate surface area is 190 Å². The van der Waals surface area contributed by atoms with Gasteiger partial charge in [-0.25, -0.2) is 4.98 Å². The summed E-state index contributed by atoms with van der Waals surface area (Å²) < 4.78 is 7.57. The minimum atomic E-state index is 0.0863. The molecule has 1 N–H and O–H groups in total. The number of methoxy groups -OCH3 is 1. The summed E-state index contributed by atoms with van der Waals surface area (Å²) in [5, 5.41) is 3.06. The van der Waals surface area contributed by atoms with E-state index in [2.05, 4.69) is 46.0 Å². The molecule has 1 aliphatic rings. The van der Waals surface area contributed by atoms with Gasteiger partial charge in [0, 0.05) is 25.2 Å². The number of carbonyl (C=O) groups excluding carboxylic acids is 1. The lowest BCUT2D eigenvalue weighted by molar-refractivity contribution is -0.116. The van der Waals surface area contributed by atoms with E-state index in [1.165, 1.54) is 18.4 Å². The fourth-order valence-corrected chi connectivity index (χ4v) is 4.78. The summed E-state index contributed by atoms with van der Waals surface area (Å²) in [6.45, 7) is 8.09. The number of amides is 1. The number of para-hydroxylation sites is 2. The van der Waals surface area contributed by atoms with Gasteiger partial charge in [0.15, 0.2) is 0 Å². The molecule has 0 spiro atoms. The predicted octanol–water partition coefficient (Wildman–Crippen LogP) is 5.00. The van der Waals surface area contributed by atoms with E-state index in [1.807, 2.05) is 25.1 Å². The maximum atomic E-state index is 12.5. The van der Waals surface area contributed by atoms with Crippen molar-refractivity contribution < 1.29 is 9.53 Å². The molecular formula is C26H34N4O2. The fourth-order valence-electron chi connectivity index (χ4n) is 4.78. The molecule has 0 aliphatic carbocycles. The number of anilines is 1. The van der Waals surface area contributed by atoms with Gasteiger partial charge in [-0.1, -0.05) is 12.1 Å². The van der Waals surface area contributed by atoms with Crippen molar-refractivity contribution in [3.05, 3.63) is 53.9 Å². The molecule has 6 heteroatoms. The van der Waals surface area contributed by atoms with E-state index in [1.54, 1.807) is 7.11 Å². The topological polar surface area (TPSA) is 59.4 Å². The number of rotatable bonds is 8. The number of aryl methyl sites for hydroxylation is 2. The monoisotopic (exact) mass is 434 g/mol. The van der Waals surface area contributed by atoms with E-state index in [4.69, 9.17) is 9.72 Å². The summed E-state index contributed by atoms with van der Waals surface area (Å²) in [7, 11) is 1.65. The molecule has 1 amide bonds. The average Bonchev–Trinajstić information content (AvgIpc) is 3.16. The van der Waals surface area contributed by atoms with Gasteiger partial charge < -0.3 is 14.6 Å². The van der Waals surface area contributed by atoms with Crippen LogP contribution in [0.1, 0.15) is 44.0 Å². The van der Waals surface area contributed by atoms with Crippen LogP contribution in [0.25, 0.3) is 11.0 Å². The molecule has 4 rings (SSSR count). The van der Waals surface area contributed by atoms with Crippen LogP contribution in [0, 0.1) is 12.8 Å². The number of nitrogens with one attached hydrogen (secondary N) is 1. The smallest absolute Gasteiger partial charge is 0.224 e. The number of fused-ring (bicyclic) bond motifs is 1. The lowest BCUT2D eigenvalue weighted by Crippen LogP contribution is -2.36. The molecule has 6 nitrogen and oxygen atoms in total. The lowest BCUT2D eigenvalue weighted by Gasteiger charge is -2.32. The number of hydrogen-bond donors (Lipinski definition) is 1. The van der Waals surface area contributed by atoms with Crippen molar-refractivity contribution in [1.82, 2.24) is 14.5 Å². The summed E-state index contributed by atoms with van der Waals surface area (Å²) >= 11 is 0. The lowest BCUT2D eigenvalue weighted by atomic mass is 9.93. The maximum absolute atomic E-state index is 12.5. The molecule has 1 aromatic heterocycles. The highest BCUT2D eigenvalue weighted by molar-refractivity contribution is 5.91. The van der Waals surface area contributed by atoms with Gasteiger partial charge in [0.05, 0.1) is 24.7 Å². The largest absolute Gasteiger partial charge is 0.497 e. The van der Waals surface area contributed by atoms with Crippen LogP contribution in [0.4, 0.5) is 5.69 Å². The van der Waals surface area contributed by atoms with Gasteiger partial charge in [-0.05, 0) is 81.5 Å². The van der Waals surface area contributed by atoms with Crippen LogP contribution >= 0.6 is 0 Å². The van der Waals surface area contributed by atoms with Crippen molar-refractivity contribution in [3.8, 4) is 5.75 Å². The molecule has 1 fully saturated rings. The van der Waals surface area contributed by atoms with Crippen LogP contribution in [0.15, 0.2) is 42.5 Å². The number of hydrogen-bond acceptors (Lipinski definition) is 4. The number of imidazole rings is 1. The number of likely N-dealkylation sites (tertiary alicyclic amines) is 1. The van der Waals surface area contributed by atoms with E-state index in [0.717, 1.165) is 60.9 Å². The van der Waals surface area contributed by atoms with Gasteiger partial charge >= 0.3 is 0 Å². The Bertz CT molecular complexity index is 1070. The summed E-state index contributed by atoms with van der Waals surface area (Å²) in [4.78, 5) is 19.9. The molecule has 32 heavy (non-hydrogen) atoms. The molecule has 0 saturated carbocycles. The number of carbonyl (C=O) groups is 1. The second-order valence-electron chi connectivity index (χ2n) is 8.77. The minimum absolute atomic E-state index is 0.0863. The normalized spacial score (nSPS) is 16.9. The first-order valence-corrected chi connectivity index (χ1v) is 11.7. The molecule has 0 radical (unpaired) electrons. The molecule has 1 saturated heterocycles. The van der Waals surface area contributed by atoms with Crippen molar-refractivity contribution in [2.75, 3.05) is 25.5 Å². The van der Waals surface area contributed by atoms with E-state index >= 15 is 0 Å². The summed E-state index contributed by atoms with van der Waals surface area (Å²) in [5.74, 6) is 2.58. The first-order chi connectivity index (χ1) is 15.6. The van der Waals surface area contributed by atoms with E-state index in [-0.39, 0.29) is 5.91 Å². The first kappa shape index (κ1) is 22.3. The van der Waals surface area contributed by atoms with Gasteiger partial charge in [-0.2, -0.15) is 0 Å². The minimum Gasteiger partial charge on any atom is -0.497 e. The third-order valence-corrected chi connectivity index (χ3v) is 6.51. The zero-order valence-electron chi connectivity index (χ0n) is 19.4. The molecule has 170 valence electrons. The van der Waals surface area contributed by atoms with Crippen molar-refractivity contribution in [1.29, 1.82) is 0 Å². The van der Waals surface area contributed by atoms with Crippen LogP contribution in [0.5, 0.6) is 5.75 Å². The Kier molecular flexibility index (Phi) is 7.10. The Hall–Kier alpha value is -2.86. The maximum Gasteiger partial charge on any atom is 0.224 e. The molecule has 3 aromatic rings. The zero-order chi connectivity index (χ0) is 22.5. The fraction of sp³-hybridized carbons (Fsp3) is 0.462. The number of nitrogens with zero attached hydrogens (tertiary/aromatic N) is 3. The van der Waals surface area contributed by atoms with E-state index in [0.29, 0.717) is 12.3 Å². The second-order valence-corrected chi connectivity index (χ2v) is 8.77. The molecule has 1 atom stereocenters. The Morgan fingerprint density at radius 3 is 2.88 bits per heavy atom. The van der Waals surface area contributed by atoms with Gasteiger partial charge in [0.1, 0.15) is 11.6 Å². The average molecular weight is 435 g/mol. The quantitative estimate of drug-likeness (QED) is 0.542. The van der Waals surface area contributed by atoms with Crippen LogP contribution in [0.2, 0.25) is 0 Å². The summed E-state index contributed by atoms with van der Waals surface area (Å²) in [6, 6.07) is 14.1. The first-order valence-electron chi connectivity index (χ1n) is 11.7. The third-order valence-electron chi connectivity index (χ3n) is 6.51. The Balaban J connectivity index is 1.31. The van der Waals surface area contributed by atoms with Crippen molar-refractivity contribution in [3.63, 3.8) is 0 Å². The van der Waals surface area contributed by atoms with Gasteiger partial charge in [-0.3, -0.25) is 9.69 Å². The highest BCUT2D eigenvalue weighted by Crippen LogP contribution is 2.25. The molecule has 0 unspecified atom stereocenters. The van der Waals surface area contributed by atoms with Crippen LogP contribution in [-0.4, -0.2) is 40.6 Å². The highest BCUT2D eigenvalue weighted by Gasteiger charge is 2.22. The predicted molar refractivity (Wildman–Crippen MR) is 129 cm³/mol. The van der Waals surface area contributed by atoms with Crippen molar-refractivity contribution in [2.45, 2.75) is 52.6 Å². The second kappa shape index (κ2) is 10.2. The molecule has 2 aromatic carbocycles. The number of aromatic nitrogens is 2. The van der Waals surface area contributed by atoms with Crippen LogP contribution in [0.3, 0.4) is 0 Å². The Morgan fingerprint density at radius 1 is 1.25 bits per heavy atom. The zero-order valence-corrected chi connectivity index (χ0v) is 19.4. The van der Waals surface area contributed by atoms with E-state index in [9.17, 15) is 4.79 Å². The van der Waals surface area contributed by atoms with Gasteiger partial charge in [0.2, 0.25) is 5.91 Å². The molecule has 0 bridgehead atoms. The standard InChI is InChI=1S/C26H34N4O2/c1-4-30-24-10-6-5-9-23(24)27-25(30)18-29-15-7-8-20(17-29)11-14-26(31)28-22-13-12-21(32-3)16-19(22)2/h5-6,9-10,12-13,16,20H,4,7-8,11,14-15,17-18H2,1-3H3,(H,28,31)/t20-/m1/s1. The number of piperidine rings is 1. The number of ether oxygens (including phenoxy) is 1. The molecular weight excluding hydrogens is 400 g/mol. The highest BCUT2D eigenvalue weighted by atomic mass is 16.5. The van der Waals surface area contributed by atoms with Crippen molar-refractivity contribution in [2.24, 2.45) is 5.92 Å². The van der Waals surface area contributed by atoms with Gasteiger partial charge in [-0.15, -0.1) is 0 Å². The van der Waals surface area contributed by atoms with Crippen molar-refractivity contribution >= 4 is 22.6 Å². The molecule has 1 aliphatic heterocycles. The van der Waals surface area contributed by atoms with Crippen LogP contribution < -0.4 is 10.1 Å². The summed E-state index contributed by atoms with van der Waals surface area (Å²) in [6.07, 6.45) is 3.84. The number of benzene rings is 2. The SMILES string of the molecule is CCn1c(CN2CCC[C@H](CCC(=O)Nc3ccc(OC)cc3C)C2)nc2ccccc21. The van der Waals surface area contributed by atoms with Gasteiger partial charge in [0.25, 0.3) is 0 Å². The Morgan fingerprint density at radius 2 is 2.09 bits per heavy atom.